The molecule has 1 fully saturated rings. The van der Waals surface area contributed by atoms with E-state index < -0.39 is 17.8 Å². The van der Waals surface area contributed by atoms with E-state index in [1.54, 1.807) is 17.9 Å². The summed E-state index contributed by atoms with van der Waals surface area (Å²) in [6, 6.07) is 4.55. The third kappa shape index (κ3) is 3.94. The Bertz CT molecular complexity index is 589. The molecule has 120 valence electrons. The number of hydrogen-bond acceptors (Lipinski definition) is 2. The lowest BCUT2D eigenvalue weighted by atomic mass is 10.2. The molecule has 0 saturated carbocycles. The zero-order valence-corrected chi connectivity index (χ0v) is 13.0. The van der Waals surface area contributed by atoms with Crippen LogP contribution in [-0.2, 0) is 6.18 Å². The lowest BCUT2D eigenvalue weighted by Crippen LogP contribution is -2.28. The second-order valence-corrected chi connectivity index (χ2v) is 6.22. The van der Waals surface area contributed by atoms with Gasteiger partial charge in [-0.25, -0.2) is 4.79 Å². The SMILES string of the molecule is CCNC(=O)N=C1SC(C)CN1c1cccc(C(F)(F)F)c1. The molecule has 1 heterocycles. The molecule has 1 N–H and O–H groups in total. The van der Waals surface area contributed by atoms with Crippen LogP contribution < -0.4 is 10.2 Å². The predicted octanol–water partition coefficient (Wildman–Crippen LogP) is 3.73. The first kappa shape index (κ1) is 16.7. The van der Waals surface area contributed by atoms with E-state index >= 15 is 0 Å². The molecule has 1 aromatic rings. The summed E-state index contributed by atoms with van der Waals surface area (Å²) in [6.45, 7) is 4.65. The molecule has 0 bridgehead atoms. The quantitative estimate of drug-likeness (QED) is 0.898. The van der Waals surface area contributed by atoms with E-state index in [1.165, 1.54) is 17.8 Å². The summed E-state index contributed by atoms with van der Waals surface area (Å²) in [5.41, 5.74) is -0.332. The maximum Gasteiger partial charge on any atom is 0.416 e. The van der Waals surface area contributed by atoms with Gasteiger partial charge in [-0.3, -0.25) is 0 Å². The number of anilines is 1. The Morgan fingerprint density at radius 1 is 1.50 bits per heavy atom. The average molecular weight is 331 g/mol. The maximum absolute atomic E-state index is 12.8. The van der Waals surface area contributed by atoms with E-state index in [9.17, 15) is 18.0 Å². The highest BCUT2D eigenvalue weighted by Crippen LogP contribution is 2.35. The lowest BCUT2D eigenvalue weighted by molar-refractivity contribution is -0.137. The summed E-state index contributed by atoms with van der Waals surface area (Å²) in [7, 11) is 0. The number of aliphatic imine (C=N–C) groups is 1. The molecule has 1 aliphatic rings. The van der Waals surface area contributed by atoms with E-state index in [0.717, 1.165) is 12.1 Å². The number of halogens is 3. The predicted molar refractivity (Wildman–Crippen MR) is 82.4 cm³/mol. The monoisotopic (exact) mass is 331 g/mol. The molecule has 0 radical (unpaired) electrons. The van der Waals surface area contributed by atoms with Gasteiger partial charge in [0.05, 0.1) is 5.56 Å². The van der Waals surface area contributed by atoms with Gasteiger partial charge in [0, 0.05) is 24.0 Å². The number of rotatable bonds is 2. The smallest absolute Gasteiger partial charge is 0.336 e. The number of carbonyl (C=O) groups is 1. The van der Waals surface area contributed by atoms with E-state index in [4.69, 9.17) is 0 Å². The number of urea groups is 1. The minimum atomic E-state index is -4.40. The van der Waals surface area contributed by atoms with Gasteiger partial charge in [0.1, 0.15) is 0 Å². The summed E-state index contributed by atoms with van der Waals surface area (Å²) in [5.74, 6) is 0. The normalized spacial score (nSPS) is 20.5. The second kappa shape index (κ2) is 6.60. The van der Waals surface area contributed by atoms with Gasteiger partial charge in [0.2, 0.25) is 0 Å². The van der Waals surface area contributed by atoms with Gasteiger partial charge >= 0.3 is 12.2 Å². The number of thioether (sulfide) groups is 1. The van der Waals surface area contributed by atoms with Crippen LogP contribution in [0.5, 0.6) is 0 Å². The van der Waals surface area contributed by atoms with Crippen LogP contribution in [0.2, 0.25) is 0 Å². The zero-order valence-electron chi connectivity index (χ0n) is 12.1. The number of amidine groups is 1. The first-order valence-electron chi connectivity index (χ1n) is 6.79. The Balaban J connectivity index is 2.31. The Labute approximate surface area is 130 Å². The molecule has 0 spiro atoms. The topological polar surface area (TPSA) is 44.7 Å². The van der Waals surface area contributed by atoms with Crippen molar-refractivity contribution in [2.45, 2.75) is 25.3 Å². The second-order valence-electron chi connectivity index (χ2n) is 4.82. The number of amides is 2. The summed E-state index contributed by atoms with van der Waals surface area (Å²) >= 11 is 1.37. The van der Waals surface area contributed by atoms with Crippen LogP contribution in [0.25, 0.3) is 0 Å². The molecular weight excluding hydrogens is 315 g/mol. The Kier molecular flexibility index (Phi) is 5.00. The van der Waals surface area contributed by atoms with Crippen molar-refractivity contribution < 1.29 is 18.0 Å². The van der Waals surface area contributed by atoms with Crippen LogP contribution in [0.4, 0.5) is 23.7 Å². The standard InChI is InChI=1S/C14H16F3N3OS/c1-3-18-12(21)19-13-20(8-9(2)22-13)11-6-4-5-10(7-11)14(15,16)17/h4-7,9H,3,8H2,1-2H3,(H,18,21). The number of carbonyl (C=O) groups excluding carboxylic acids is 1. The Hall–Kier alpha value is -1.70. The summed E-state index contributed by atoms with van der Waals surface area (Å²) in [6.07, 6.45) is -4.40. The third-order valence-electron chi connectivity index (χ3n) is 2.99. The number of benzene rings is 1. The fourth-order valence-corrected chi connectivity index (χ4v) is 3.07. The van der Waals surface area contributed by atoms with Gasteiger partial charge in [0.25, 0.3) is 0 Å². The zero-order chi connectivity index (χ0) is 16.3. The molecule has 1 aliphatic heterocycles. The van der Waals surface area contributed by atoms with Crippen LogP contribution in [0.3, 0.4) is 0 Å². The Morgan fingerprint density at radius 3 is 2.86 bits per heavy atom. The van der Waals surface area contributed by atoms with Crippen LogP contribution in [0.1, 0.15) is 19.4 Å². The van der Waals surface area contributed by atoms with Gasteiger partial charge in [-0.2, -0.15) is 18.2 Å². The molecule has 22 heavy (non-hydrogen) atoms. The van der Waals surface area contributed by atoms with Crippen molar-refractivity contribution in [2.24, 2.45) is 4.99 Å². The summed E-state index contributed by atoms with van der Waals surface area (Å²) in [5, 5.41) is 3.10. The summed E-state index contributed by atoms with van der Waals surface area (Å²) in [4.78, 5) is 17.2. The lowest BCUT2D eigenvalue weighted by Gasteiger charge is -2.19. The first-order valence-corrected chi connectivity index (χ1v) is 7.67. The fourth-order valence-electron chi connectivity index (χ4n) is 2.05. The fraction of sp³-hybridized carbons (Fsp3) is 0.429. The van der Waals surface area contributed by atoms with Gasteiger partial charge < -0.3 is 10.2 Å². The average Bonchev–Trinajstić information content (AvgIpc) is 2.79. The van der Waals surface area contributed by atoms with Crippen molar-refractivity contribution in [1.29, 1.82) is 0 Å². The van der Waals surface area contributed by atoms with Crippen molar-refractivity contribution in [1.82, 2.24) is 5.32 Å². The highest BCUT2D eigenvalue weighted by Gasteiger charge is 2.33. The van der Waals surface area contributed by atoms with E-state index in [1.807, 2.05) is 6.92 Å². The molecule has 2 rings (SSSR count). The van der Waals surface area contributed by atoms with Crippen LogP contribution in [-0.4, -0.2) is 29.5 Å². The molecule has 4 nitrogen and oxygen atoms in total. The van der Waals surface area contributed by atoms with E-state index in [0.29, 0.717) is 23.9 Å². The van der Waals surface area contributed by atoms with E-state index in [-0.39, 0.29) is 5.25 Å². The summed E-state index contributed by atoms with van der Waals surface area (Å²) < 4.78 is 38.5. The molecule has 0 aliphatic carbocycles. The van der Waals surface area contributed by atoms with Gasteiger partial charge in [-0.05, 0) is 25.1 Å². The number of alkyl halides is 3. The van der Waals surface area contributed by atoms with Crippen molar-refractivity contribution in [2.75, 3.05) is 18.0 Å². The minimum absolute atomic E-state index is 0.141. The molecule has 1 atom stereocenters. The number of nitrogens with zero attached hydrogens (tertiary/aromatic N) is 2. The first-order chi connectivity index (χ1) is 10.3. The highest BCUT2D eigenvalue weighted by molar-refractivity contribution is 8.15. The van der Waals surface area contributed by atoms with Gasteiger partial charge in [0.15, 0.2) is 5.17 Å². The van der Waals surface area contributed by atoms with Gasteiger partial charge in [-0.15, -0.1) is 0 Å². The molecule has 1 aromatic carbocycles. The number of hydrogen-bond donors (Lipinski definition) is 1. The van der Waals surface area contributed by atoms with Crippen molar-refractivity contribution in [3.63, 3.8) is 0 Å². The molecule has 2 amide bonds. The maximum atomic E-state index is 12.8. The third-order valence-corrected chi connectivity index (χ3v) is 4.06. The van der Waals surface area contributed by atoms with Crippen molar-refractivity contribution >= 4 is 28.6 Å². The molecule has 8 heteroatoms. The van der Waals surface area contributed by atoms with Crippen molar-refractivity contribution in [3.05, 3.63) is 29.8 Å². The minimum Gasteiger partial charge on any atom is -0.336 e. The molecule has 1 saturated heterocycles. The molecule has 0 aromatic heterocycles. The molecule has 1 unspecified atom stereocenters. The largest absolute Gasteiger partial charge is 0.416 e. The highest BCUT2D eigenvalue weighted by atomic mass is 32.2. The van der Waals surface area contributed by atoms with Gasteiger partial charge in [-0.1, -0.05) is 24.8 Å². The Morgan fingerprint density at radius 2 is 2.23 bits per heavy atom. The van der Waals surface area contributed by atoms with Crippen LogP contribution >= 0.6 is 11.8 Å². The van der Waals surface area contributed by atoms with E-state index in [2.05, 4.69) is 10.3 Å². The number of nitrogens with one attached hydrogen (secondary N) is 1. The van der Waals surface area contributed by atoms with Crippen LogP contribution in [0, 0.1) is 0 Å². The van der Waals surface area contributed by atoms with Crippen molar-refractivity contribution in [3.8, 4) is 0 Å². The van der Waals surface area contributed by atoms with Crippen LogP contribution in [0.15, 0.2) is 29.3 Å². The molecular formula is C14H16F3N3OS.